The van der Waals surface area contributed by atoms with Crippen LogP contribution in [0.2, 0.25) is 0 Å². The third-order valence-electron chi connectivity index (χ3n) is 4.30. The molecule has 2 fully saturated rings. The van der Waals surface area contributed by atoms with Crippen molar-refractivity contribution in [1.82, 2.24) is 19.8 Å². The number of nitrogens with zero attached hydrogens (tertiary/aromatic N) is 3. The lowest BCUT2D eigenvalue weighted by atomic mass is 10.1. The van der Waals surface area contributed by atoms with Crippen molar-refractivity contribution in [2.24, 2.45) is 0 Å². The SMILES string of the molecule is CC(C)n1cncc1CN1CC[C@H]2CC[C@@H](C1)N2. The first-order valence-electron chi connectivity index (χ1n) is 7.21. The smallest absolute Gasteiger partial charge is 0.0951 e. The van der Waals surface area contributed by atoms with Crippen LogP contribution in [0.5, 0.6) is 0 Å². The summed E-state index contributed by atoms with van der Waals surface area (Å²) in [5, 5.41) is 3.74. The lowest BCUT2D eigenvalue weighted by Gasteiger charge is -2.24. The molecule has 0 amide bonds. The van der Waals surface area contributed by atoms with Gasteiger partial charge in [0.15, 0.2) is 0 Å². The molecule has 100 valence electrons. The highest BCUT2D eigenvalue weighted by molar-refractivity contribution is 5.01. The third kappa shape index (κ3) is 2.45. The Hall–Kier alpha value is -0.870. The number of hydrogen-bond acceptors (Lipinski definition) is 3. The highest BCUT2D eigenvalue weighted by Crippen LogP contribution is 2.22. The van der Waals surface area contributed by atoms with Gasteiger partial charge in [-0.05, 0) is 33.1 Å². The van der Waals surface area contributed by atoms with Gasteiger partial charge in [0, 0.05) is 44.0 Å². The van der Waals surface area contributed by atoms with E-state index in [0.29, 0.717) is 12.1 Å². The van der Waals surface area contributed by atoms with Gasteiger partial charge in [-0.1, -0.05) is 0 Å². The molecule has 2 atom stereocenters. The Kier molecular flexibility index (Phi) is 3.39. The number of nitrogens with one attached hydrogen (secondary N) is 1. The van der Waals surface area contributed by atoms with Crippen LogP contribution >= 0.6 is 0 Å². The maximum Gasteiger partial charge on any atom is 0.0951 e. The van der Waals surface area contributed by atoms with E-state index in [2.05, 4.69) is 33.6 Å². The first-order chi connectivity index (χ1) is 8.72. The quantitative estimate of drug-likeness (QED) is 0.885. The van der Waals surface area contributed by atoms with Gasteiger partial charge in [-0.15, -0.1) is 0 Å². The Labute approximate surface area is 109 Å². The predicted molar refractivity (Wildman–Crippen MR) is 72.5 cm³/mol. The Morgan fingerprint density at radius 1 is 1.33 bits per heavy atom. The van der Waals surface area contributed by atoms with Gasteiger partial charge in [-0.25, -0.2) is 4.98 Å². The third-order valence-corrected chi connectivity index (χ3v) is 4.30. The summed E-state index contributed by atoms with van der Waals surface area (Å²) in [5.74, 6) is 0. The molecule has 2 bridgehead atoms. The van der Waals surface area contributed by atoms with Crippen LogP contribution in [-0.2, 0) is 6.54 Å². The molecule has 2 saturated heterocycles. The second kappa shape index (κ2) is 5.02. The second-order valence-electron chi connectivity index (χ2n) is 6.05. The summed E-state index contributed by atoms with van der Waals surface area (Å²) in [6, 6.07) is 1.99. The molecule has 18 heavy (non-hydrogen) atoms. The first kappa shape index (κ1) is 12.2. The Morgan fingerprint density at radius 3 is 3.00 bits per heavy atom. The predicted octanol–water partition coefficient (Wildman–Crippen LogP) is 1.79. The number of imidazole rings is 1. The number of aromatic nitrogens is 2. The van der Waals surface area contributed by atoms with Gasteiger partial charge >= 0.3 is 0 Å². The Balaban J connectivity index is 1.67. The van der Waals surface area contributed by atoms with E-state index >= 15 is 0 Å². The van der Waals surface area contributed by atoms with Crippen molar-refractivity contribution in [3.8, 4) is 0 Å². The highest BCUT2D eigenvalue weighted by Gasteiger charge is 2.29. The monoisotopic (exact) mass is 248 g/mol. The van der Waals surface area contributed by atoms with Crippen molar-refractivity contribution in [2.45, 2.75) is 57.8 Å². The molecule has 3 heterocycles. The summed E-state index contributed by atoms with van der Waals surface area (Å²) >= 11 is 0. The van der Waals surface area contributed by atoms with E-state index in [1.54, 1.807) is 0 Å². The highest BCUT2D eigenvalue weighted by atomic mass is 15.2. The van der Waals surface area contributed by atoms with Gasteiger partial charge in [0.25, 0.3) is 0 Å². The van der Waals surface area contributed by atoms with Crippen LogP contribution in [0, 0.1) is 0 Å². The van der Waals surface area contributed by atoms with Crippen LogP contribution in [-0.4, -0.2) is 39.6 Å². The van der Waals surface area contributed by atoms with Crippen LogP contribution in [0.1, 0.15) is 44.8 Å². The van der Waals surface area contributed by atoms with Gasteiger partial charge in [-0.3, -0.25) is 4.90 Å². The number of fused-ring (bicyclic) bond motifs is 2. The minimum atomic E-state index is 0.504. The fourth-order valence-electron chi connectivity index (χ4n) is 3.31. The van der Waals surface area contributed by atoms with Crippen molar-refractivity contribution in [2.75, 3.05) is 13.1 Å². The molecule has 1 N–H and O–H groups in total. The zero-order chi connectivity index (χ0) is 12.5. The second-order valence-corrected chi connectivity index (χ2v) is 6.05. The Morgan fingerprint density at radius 2 is 2.17 bits per heavy atom. The van der Waals surface area contributed by atoms with Gasteiger partial charge in [0.2, 0.25) is 0 Å². The largest absolute Gasteiger partial charge is 0.331 e. The molecule has 1 aromatic heterocycles. The zero-order valence-corrected chi connectivity index (χ0v) is 11.5. The van der Waals surface area contributed by atoms with Crippen molar-refractivity contribution >= 4 is 0 Å². The van der Waals surface area contributed by atoms with Crippen LogP contribution in [0.25, 0.3) is 0 Å². The molecule has 0 radical (unpaired) electrons. The minimum Gasteiger partial charge on any atom is -0.331 e. The molecule has 3 rings (SSSR count). The summed E-state index contributed by atoms with van der Waals surface area (Å²) < 4.78 is 2.29. The van der Waals surface area contributed by atoms with Crippen LogP contribution in [0.15, 0.2) is 12.5 Å². The molecule has 0 saturated carbocycles. The van der Waals surface area contributed by atoms with E-state index < -0.39 is 0 Å². The number of likely N-dealkylation sites (tertiary alicyclic amines) is 1. The van der Waals surface area contributed by atoms with Crippen LogP contribution < -0.4 is 5.32 Å². The average Bonchev–Trinajstić information content (AvgIpc) is 2.88. The standard InChI is InChI=1S/C14H24N4/c1-11(2)18-10-15-7-14(18)9-17-6-5-12-3-4-13(8-17)16-12/h7,10-13,16H,3-6,8-9H2,1-2H3/t12-,13+/m1/s1. The first-order valence-corrected chi connectivity index (χ1v) is 7.21. The lowest BCUT2D eigenvalue weighted by molar-refractivity contribution is 0.243. The van der Waals surface area contributed by atoms with Crippen LogP contribution in [0.3, 0.4) is 0 Å². The summed E-state index contributed by atoms with van der Waals surface area (Å²) in [4.78, 5) is 6.89. The molecule has 2 aliphatic rings. The van der Waals surface area contributed by atoms with Gasteiger partial charge < -0.3 is 9.88 Å². The van der Waals surface area contributed by atoms with E-state index in [1.165, 1.54) is 38.0 Å². The molecule has 2 aliphatic heterocycles. The molecule has 4 heteroatoms. The van der Waals surface area contributed by atoms with E-state index in [4.69, 9.17) is 0 Å². The summed E-state index contributed by atoms with van der Waals surface area (Å²) in [6.45, 7) is 7.90. The number of rotatable bonds is 3. The van der Waals surface area contributed by atoms with Crippen molar-refractivity contribution in [1.29, 1.82) is 0 Å². The number of hydrogen-bond donors (Lipinski definition) is 1. The molecule has 0 aliphatic carbocycles. The van der Waals surface area contributed by atoms with E-state index in [0.717, 1.165) is 12.6 Å². The molecule has 4 nitrogen and oxygen atoms in total. The molecule has 0 unspecified atom stereocenters. The van der Waals surface area contributed by atoms with Gasteiger partial charge in [0.1, 0.15) is 0 Å². The Bertz CT molecular complexity index is 398. The van der Waals surface area contributed by atoms with Gasteiger partial charge in [0.05, 0.1) is 12.0 Å². The topological polar surface area (TPSA) is 33.1 Å². The fourth-order valence-corrected chi connectivity index (χ4v) is 3.31. The van der Waals surface area contributed by atoms with Crippen LogP contribution in [0.4, 0.5) is 0 Å². The lowest BCUT2D eigenvalue weighted by Crippen LogP contribution is -2.35. The molecule has 1 aromatic rings. The van der Waals surface area contributed by atoms with E-state index in [-0.39, 0.29) is 0 Å². The van der Waals surface area contributed by atoms with E-state index in [9.17, 15) is 0 Å². The molecule has 0 aromatic carbocycles. The molecular formula is C14H24N4. The average molecular weight is 248 g/mol. The fraction of sp³-hybridized carbons (Fsp3) is 0.786. The van der Waals surface area contributed by atoms with Crippen molar-refractivity contribution in [3.05, 3.63) is 18.2 Å². The maximum atomic E-state index is 4.30. The summed E-state index contributed by atoms with van der Waals surface area (Å²) in [6.07, 6.45) is 8.01. The van der Waals surface area contributed by atoms with E-state index in [1.807, 2.05) is 12.5 Å². The van der Waals surface area contributed by atoms with Crippen molar-refractivity contribution in [3.63, 3.8) is 0 Å². The summed E-state index contributed by atoms with van der Waals surface area (Å²) in [5.41, 5.74) is 1.35. The van der Waals surface area contributed by atoms with Gasteiger partial charge in [-0.2, -0.15) is 0 Å². The maximum absolute atomic E-state index is 4.30. The minimum absolute atomic E-state index is 0.504. The normalized spacial score (nSPS) is 28.8. The molecular weight excluding hydrogens is 224 g/mol. The van der Waals surface area contributed by atoms with Crippen molar-refractivity contribution < 1.29 is 0 Å². The molecule has 0 spiro atoms. The summed E-state index contributed by atoms with van der Waals surface area (Å²) in [7, 11) is 0. The zero-order valence-electron chi connectivity index (χ0n) is 11.5.